The van der Waals surface area contributed by atoms with Gasteiger partial charge in [0.1, 0.15) is 0 Å². The Kier molecular flexibility index (Phi) is 0.884. The molecule has 0 aromatic rings. The van der Waals surface area contributed by atoms with Gasteiger partial charge >= 0.3 is 0 Å². The van der Waals surface area contributed by atoms with E-state index in [0.29, 0.717) is 0 Å². The summed E-state index contributed by atoms with van der Waals surface area (Å²) in [6.45, 7) is 2.76. The van der Waals surface area contributed by atoms with Crippen LogP contribution < -0.4 is 0 Å². The van der Waals surface area contributed by atoms with Gasteiger partial charge < -0.3 is 4.90 Å². The summed E-state index contributed by atoms with van der Waals surface area (Å²) in [7, 11) is 2.23. The van der Waals surface area contributed by atoms with Crippen LogP contribution in [0.15, 0.2) is 0 Å². The van der Waals surface area contributed by atoms with Gasteiger partial charge in [-0.25, -0.2) is 0 Å². The molecule has 0 spiro atoms. The molecule has 0 aromatic heterocycles. The lowest BCUT2D eigenvalue weighted by atomic mass is 9.77. The molecule has 0 amide bonds. The fourth-order valence-electron chi connectivity index (χ4n) is 1.99. The maximum absolute atomic E-state index is 2.46. The highest BCUT2D eigenvalue weighted by Crippen LogP contribution is 2.39. The summed E-state index contributed by atoms with van der Waals surface area (Å²) in [5.41, 5.74) is 0. The number of hydrogen-bond acceptors (Lipinski definition) is 1. The van der Waals surface area contributed by atoms with Gasteiger partial charge in [0.2, 0.25) is 0 Å². The van der Waals surface area contributed by atoms with Crippen LogP contribution in [0.25, 0.3) is 0 Å². The molecule has 0 aromatic carbocycles. The minimum absolute atomic E-state index is 1.10. The largest absolute Gasteiger partial charge is 0.306 e. The maximum atomic E-state index is 2.46. The molecule has 1 aliphatic carbocycles. The third-order valence-corrected chi connectivity index (χ3v) is 2.67. The average Bonchev–Trinajstić information content (AvgIpc) is 1.91. The molecule has 2 atom stereocenters. The summed E-state index contributed by atoms with van der Waals surface area (Å²) in [4.78, 5) is 2.46. The predicted molar refractivity (Wildman–Crippen MR) is 33.7 cm³/mol. The van der Waals surface area contributed by atoms with Crippen LogP contribution in [0.3, 0.4) is 0 Å². The van der Waals surface area contributed by atoms with E-state index in [2.05, 4.69) is 11.9 Å². The Labute approximate surface area is 50.7 Å². The fraction of sp³-hybridized carbons (Fsp3) is 1.00. The minimum Gasteiger partial charge on any atom is -0.306 e. The molecule has 1 heteroatoms. The highest BCUT2D eigenvalue weighted by molar-refractivity contribution is 4.89. The van der Waals surface area contributed by atoms with Crippen molar-refractivity contribution in [3.8, 4) is 0 Å². The first-order chi connectivity index (χ1) is 3.86. The standard InChI is InChI=1S/C7H13N/c1-8-4-6-2-3-7(6)5-8/h6-7H,2-5H2,1H3/t6-,7?/m1/s1. The van der Waals surface area contributed by atoms with Gasteiger partial charge in [0.05, 0.1) is 0 Å². The van der Waals surface area contributed by atoms with E-state index in [-0.39, 0.29) is 0 Å². The summed E-state index contributed by atoms with van der Waals surface area (Å²) < 4.78 is 0. The molecule has 0 N–H and O–H groups in total. The van der Waals surface area contributed by atoms with Crippen molar-refractivity contribution in [1.82, 2.24) is 4.90 Å². The highest BCUT2D eigenvalue weighted by Gasteiger charge is 2.37. The molecular weight excluding hydrogens is 98.1 g/mol. The monoisotopic (exact) mass is 111 g/mol. The van der Waals surface area contributed by atoms with Gasteiger partial charge in [0, 0.05) is 13.1 Å². The van der Waals surface area contributed by atoms with Crippen LogP contribution in [0.5, 0.6) is 0 Å². The third kappa shape index (κ3) is 0.510. The molecule has 0 radical (unpaired) electrons. The van der Waals surface area contributed by atoms with Gasteiger partial charge in [-0.15, -0.1) is 0 Å². The molecule has 1 heterocycles. The molecule has 2 rings (SSSR count). The molecule has 1 aliphatic heterocycles. The molecule has 46 valence electrons. The Morgan fingerprint density at radius 1 is 1.12 bits per heavy atom. The quantitative estimate of drug-likeness (QED) is 0.450. The smallest absolute Gasteiger partial charge is 0.000985 e. The van der Waals surface area contributed by atoms with Crippen molar-refractivity contribution in [3.05, 3.63) is 0 Å². The zero-order valence-electron chi connectivity index (χ0n) is 5.43. The Hall–Kier alpha value is -0.0400. The summed E-state index contributed by atoms with van der Waals surface area (Å²) >= 11 is 0. The number of rotatable bonds is 0. The van der Waals surface area contributed by atoms with Crippen LogP contribution in [0.4, 0.5) is 0 Å². The van der Waals surface area contributed by atoms with Crippen molar-refractivity contribution in [2.24, 2.45) is 11.8 Å². The summed E-state index contributed by atoms with van der Waals surface area (Å²) in [5, 5.41) is 0. The fourth-order valence-corrected chi connectivity index (χ4v) is 1.99. The van der Waals surface area contributed by atoms with Crippen LogP contribution in [0, 0.1) is 11.8 Å². The molecule has 1 saturated heterocycles. The van der Waals surface area contributed by atoms with Crippen molar-refractivity contribution in [3.63, 3.8) is 0 Å². The lowest BCUT2D eigenvalue weighted by molar-refractivity contribution is 0.243. The van der Waals surface area contributed by atoms with E-state index in [9.17, 15) is 0 Å². The van der Waals surface area contributed by atoms with Crippen molar-refractivity contribution in [2.45, 2.75) is 12.8 Å². The second kappa shape index (κ2) is 1.47. The number of likely N-dealkylation sites (tertiary alicyclic amines) is 1. The van der Waals surface area contributed by atoms with Crippen LogP contribution in [0.1, 0.15) is 12.8 Å². The van der Waals surface area contributed by atoms with E-state index in [1.165, 1.54) is 25.9 Å². The molecule has 0 bridgehead atoms. The topological polar surface area (TPSA) is 3.24 Å². The Bertz CT molecular complexity index is 88.6. The second-order valence-corrected chi connectivity index (χ2v) is 3.32. The first kappa shape index (κ1) is 4.80. The molecule has 2 aliphatic rings. The van der Waals surface area contributed by atoms with Gasteiger partial charge in [0.15, 0.2) is 0 Å². The summed E-state index contributed by atoms with van der Waals surface area (Å²) in [5.74, 6) is 2.19. The first-order valence-corrected chi connectivity index (χ1v) is 3.55. The van der Waals surface area contributed by atoms with Crippen molar-refractivity contribution in [2.75, 3.05) is 20.1 Å². The first-order valence-electron chi connectivity index (χ1n) is 3.55. The van der Waals surface area contributed by atoms with Crippen molar-refractivity contribution < 1.29 is 0 Å². The Morgan fingerprint density at radius 2 is 1.62 bits per heavy atom. The van der Waals surface area contributed by atoms with E-state index in [1.807, 2.05) is 0 Å². The lowest BCUT2D eigenvalue weighted by Gasteiger charge is -2.28. The van der Waals surface area contributed by atoms with Gasteiger partial charge in [-0.05, 0) is 31.7 Å². The van der Waals surface area contributed by atoms with Crippen LogP contribution in [-0.2, 0) is 0 Å². The van der Waals surface area contributed by atoms with E-state index in [4.69, 9.17) is 0 Å². The van der Waals surface area contributed by atoms with Crippen LogP contribution >= 0.6 is 0 Å². The van der Waals surface area contributed by atoms with Gasteiger partial charge in [-0.1, -0.05) is 0 Å². The SMILES string of the molecule is CN1CC2CC[C@@H]2C1. The molecule has 1 nitrogen and oxygen atoms in total. The van der Waals surface area contributed by atoms with Crippen LogP contribution in [-0.4, -0.2) is 25.0 Å². The number of fused-ring (bicyclic) bond motifs is 1. The highest BCUT2D eigenvalue weighted by atomic mass is 15.1. The van der Waals surface area contributed by atoms with Gasteiger partial charge in [-0.2, -0.15) is 0 Å². The summed E-state index contributed by atoms with van der Waals surface area (Å²) in [6.07, 6.45) is 3.02. The molecule has 8 heavy (non-hydrogen) atoms. The molecule has 1 unspecified atom stereocenters. The zero-order chi connectivity index (χ0) is 5.56. The number of nitrogens with zero attached hydrogens (tertiary/aromatic N) is 1. The van der Waals surface area contributed by atoms with Crippen LogP contribution in [0.2, 0.25) is 0 Å². The predicted octanol–water partition coefficient (Wildman–Crippen LogP) is 0.958. The number of hydrogen-bond donors (Lipinski definition) is 0. The van der Waals surface area contributed by atoms with E-state index in [1.54, 1.807) is 0 Å². The Morgan fingerprint density at radius 3 is 1.88 bits per heavy atom. The summed E-state index contributed by atoms with van der Waals surface area (Å²) in [6, 6.07) is 0. The molecule has 2 fully saturated rings. The van der Waals surface area contributed by atoms with Gasteiger partial charge in [-0.3, -0.25) is 0 Å². The average molecular weight is 111 g/mol. The maximum Gasteiger partial charge on any atom is 0.000985 e. The van der Waals surface area contributed by atoms with Crippen molar-refractivity contribution >= 4 is 0 Å². The minimum atomic E-state index is 1.10. The van der Waals surface area contributed by atoms with E-state index in [0.717, 1.165) is 11.8 Å². The zero-order valence-corrected chi connectivity index (χ0v) is 5.43. The van der Waals surface area contributed by atoms with E-state index < -0.39 is 0 Å². The molecular formula is C7H13N. The normalized spacial score (nSPS) is 46.1. The second-order valence-electron chi connectivity index (χ2n) is 3.32. The Balaban J connectivity index is 2.00. The van der Waals surface area contributed by atoms with E-state index >= 15 is 0 Å². The third-order valence-electron chi connectivity index (χ3n) is 2.67. The lowest BCUT2D eigenvalue weighted by Crippen LogP contribution is -2.22. The van der Waals surface area contributed by atoms with Gasteiger partial charge in [0.25, 0.3) is 0 Å². The van der Waals surface area contributed by atoms with Crippen molar-refractivity contribution in [1.29, 1.82) is 0 Å². The molecule has 1 saturated carbocycles.